The van der Waals surface area contributed by atoms with Gasteiger partial charge in [-0.05, 0) is 49.4 Å². The smallest absolute Gasteiger partial charge is 0.251 e. The highest BCUT2D eigenvalue weighted by atomic mass is 16.5. The lowest BCUT2D eigenvalue weighted by molar-refractivity contribution is -0.124. The molecular formula is C21H34N2O3. The third-order valence-corrected chi connectivity index (χ3v) is 4.40. The fourth-order valence-electron chi connectivity index (χ4n) is 2.74. The van der Waals surface area contributed by atoms with Gasteiger partial charge in [-0.2, -0.15) is 0 Å². The maximum Gasteiger partial charge on any atom is 0.251 e. The first kappa shape index (κ1) is 22.0. The molecule has 2 amide bonds. The van der Waals surface area contributed by atoms with Gasteiger partial charge in [0.05, 0.1) is 7.11 Å². The molecule has 146 valence electrons. The molecule has 1 aromatic rings. The van der Waals surface area contributed by atoms with Gasteiger partial charge < -0.3 is 15.4 Å². The van der Waals surface area contributed by atoms with Crippen molar-refractivity contribution in [1.82, 2.24) is 10.6 Å². The summed E-state index contributed by atoms with van der Waals surface area (Å²) in [6.07, 6.45) is 3.19. The van der Waals surface area contributed by atoms with Crippen molar-refractivity contribution in [2.75, 3.05) is 7.11 Å². The minimum absolute atomic E-state index is 0.0000578. The average Bonchev–Trinajstić information content (AvgIpc) is 2.58. The fraction of sp³-hybridized carbons (Fsp3) is 0.619. The summed E-state index contributed by atoms with van der Waals surface area (Å²) in [6, 6.07) is 6.39. The number of ether oxygens (including phenoxy) is 1. The third-order valence-electron chi connectivity index (χ3n) is 4.40. The lowest BCUT2D eigenvalue weighted by Crippen LogP contribution is -2.51. The summed E-state index contributed by atoms with van der Waals surface area (Å²) in [5.74, 6) is 0.980. The van der Waals surface area contributed by atoms with E-state index in [9.17, 15) is 9.59 Å². The van der Waals surface area contributed by atoms with Gasteiger partial charge in [-0.15, -0.1) is 0 Å². The number of hydrogen-bond acceptors (Lipinski definition) is 3. The first-order valence-electron chi connectivity index (χ1n) is 9.49. The van der Waals surface area contributed by atoms with E-state index < -0.39 is 6.04 Å². The van der Waals surface area contributed by atoms with Crippen LogP contribution in [0.15, 0.2) is 24.3 Å². The molecule has 0 radical (unpaired) electrons. The summed E-state index contributed by atoms with van der Waals surface area (Å²) in [5.41, 5.74) is 0.509. The van der Waals surface area contributed by atoms with Gasteiger partial charge >= 0.3 is 0 Å². The highest BCUT2D eigenvalue weighted by Crippen LogP contribution is 2.13. The average molecular weight is 363 g/mol. The van der Waals surface area contributed by atoms with E-state index in [-0.39, 0.29) is 23.8 Å². The number of amides is 2. The van der Waals surface area contributed by atoms with Crippen molar-refractivity contribution in [2.24, 2.45) is 11.8 Å². The molecule has 5 nitrogen and oxygen atoms in total. The van der Waals surface area contributed by atoms with Gasteiger partial charge in [0, 0.05) is 11.6 Å². The molecule has 1 aromatic carbocycles. The zero-order valence-corrected chi connectivity index (χ0v) is 17.0. The Morgan fingerprint density at radius 3 is 2.08 bits per heavy atom. The Morgan fingerprint density at radius 1 is 0.962 bits per heavy atom. The van der Waals surface area contributed by atoms with Gasteiger partial charge in [-0.3, -0.25) is 9.59 Å². The van der Waals surface area contributed by atoms with Crippen LogP contribution in [-0.4, -0.2) is 31.0 Å². The van der Waals surface area contributed by atoms with E-state index in [1.807, 2.05) is 20.8 Å². The third kappa shape index (κ3) is 7.46. The van der Waals surface area contributed by atoms with Crippen LogP contribution in [0.4, 0.5) is 0 Å². The van der Waals surface area contributed by atoms with Crippen molar-refractivity contribution in [2.45, 2.75) is 66.0 Å². The van der Waals surface area contributed by atoms with Crippen molar-refractivity contribution < 1.29 is 14.3 Å². The molecule has 0 spiro atoms. The fourth-order valence-corrected chi connectivity index (χ4v) is 2.74. The Labute approximate surface area is 157 Å². The van der Waals surface area contributed by atoms with Crippen molar-refractivity contribution in [1.29, 1.82) is 0 Å². The number of benzene rings is 1. The van der Waals surface area contributed by atoms with Crippen LogP contribution < -0.4 is 15.4 Å². The summed E-state index contributed by atoms with van der Waals surface area (Å²) >= 11 is 0. The van der Waals surface area contributed by atoms with E-state index in [4.69, 9.17) is 4.74 Å². The zero-order valence-electron chi connectivity index (χ0n) is 17.0. The van der Waals surface area contributed by atoms with E-state index in [1.54, 1.807) is 31.4 Å². The van der Waals surface area contributed by atoms with Crippen LogP contribution >= 0.6 is 0 Å². The molecule has 0 heterocycles. The zero-order chi connectivity index (χ0) is 19.7. The Morgan fingerprint density at radius 2 is 1.58 bits per heavy atom. The van der Waals surface area contributed by atoms with Crippen LogP contribution in [0.3, 0.4) is 0 Å². The second-order valence-corrected chi connectivity index (χ2v) is 7.66. The highest BCUT2D eigenvalue weighted by molar-refractivity contribution is 5.97. The van der Waals surface area contributed by atoms with Crippen molar-refractivity contribution in [3.63, 3.8) is 0 Å². The van der Waals surface area contributed by atoms with Gasteiger partial charge in [0.2, 0.25) is 5.91 Å². The molecule has 2 unspecified atom stereocenters. The summed E-state index contributed by atoms with van der Waals surface area (Å²) < 4.78 is 5.10. The predicted octanol–water partition coefficient (Wildman–Crippen LogP) is 3.78. The summed E-state index contributed by atoms with van der Waals surface area (Å²) in [7, 11) is 1.58. The number of hydrogen-bond donors (Lipinski definition) is 2. The summed E-state index contributed by atoms with van der Waals surface area (Å²) in [6.45, 7) is 10.3. The van der Waals surface area contributed by atoms with E-state index in [1.165, 1.54) is 0 Å². The van der Waals surface area contributed by atoms with Crippen LogP contribution in [0.5, 0.6) is 5.75 Å². The lowest BCUT2D eigenvalue weighted by atomic mass is 10.0. The lowest BCUT2D eigenvalue weighted by Gasteiger charge is -2.24. The summed E-state index contributed by atoms with van der Waals surface area (Å²) in [4.78, 5) is 25.1. The standard InChI is InChI=1S/C21H34N2O3/c1-14(2)8-7-9-16(5)22-21(25)19(15(3)4)23-20(24)17-10-12-18(26-6)13-11-17/h10-16,19H,7-9H2,1-6H3,(H,22,25)(H,23,24). The molecule has 0 bridgehead atoms. The predicted molar refractivity (Wildman–Crippen MR) is 105 cm³/mol. The van der Waals surface area contributed by atoms with E-state index in [2.05, 4.69) is 24.5 Å². The van der Waals surface area contributed by atoms with Gasteiger partial charge in [0.25, 0.3) is 5.91 Å². The molecule has 2 N–H and O–H groups in total. The monoisotopic (exact) mass is 362 g/mol. The van der Waals surface area contributed by atoms with Crippen molar-refractivity contribution in [3.05, 3.63) is 29.8 Å². The van der Waals surface area contributed by atoms with E-state index in [0.717, 1.165) is 19.3 Å². The van der Waals surface area contributed by atoms with Gasteiger partial charge in [-0.25, -0.2) is 0 Å². The Balaban J connectivity index is 2.63. The Hall–Kier alpha value is -2.04. The minimum Gasteiger partial charge on any atom is -0.497 e. The second kappa shape index (κ2) is 10.8. The van der Waals surface area contributed by atoms with Crippen LogP contribution in [0, 0.1) is 11.8 Å². The molecule has 0 aliphatic rings. The quantitative estimate of drug-likeness (QED) is 0.665. The van der Waals surface area contributed by atoms with Gasteiger partial charge in [0.15, 0.2) is 0 Å². The normalized spacial score (nSPS) is 13.4. The molecule has 0 aromatic heterocycles. The Kier molecular flexibility index (Phi) is 9.17. The largest absolute Gasteiger partial charge is 0.497 e. The maximum absolute atomic E-state index is 12.6. The molecule has 0 saturated carbocycles. The molecule has 0 aliphatic heterocycles. The number of rotatable bonds is 10. The molecular weight excluding hydrogens is 328 g/mol. The summed E-state index contributed by atoms with van der Waals surface area (Å²) in [5, 5.41) is 5.89. The minimum atomic E-state index is -0.558. The van der Waals surface area contributed by atoms with Gasteiger partial charge in [-0.1, -0.05) is 40.5 Å². The van der Waals surface area contributed by atoms with Crippen LogP contribution in [0.1, 0.15) is 64.2 Å². The van der Waals surface area contributed by atoms with E-state index >= 15 is 0 Å². The molecule has 0 aliphatic carbocycles. The number of nitrogens with one attached hydrogen (secondary N) is 2. The van der Waals surface area contributed by atoms with Crippen LogP contribution in [0.25, 0.3) is 0 Å². The first-order chi connectivity index (χ1) is 12.2. The van der Waals surface area contributed by atoms with Crippen LogP contribution in [-0.2, 0) is 4.79 Å². The molecule has 1 rings (SSSR count). The number of carbonyl (C=O) groups excluding carboxylic acids is 2. The molecule has 5 heteroatoms. The first-order valence-corrected chi connectivity index (χ1v) is 9.49. The van der Waals surface area contributed by atoms with Crippen LogP contribution in [0.2, 0.25) is 0 Å². The highest BCUT2D eigenvalue weighted by Gasteiger charge is 2.25. The molecule has 0 saturated heterocycles. The van der Waals surface area contributed by atoms with Crippen molar-refractivity contribution in [3.8, 4) is 5.75 Å². The molecule has 0 fully saturated rings. The number of carbonyl (C=O) groups is 2. The second-order valence-electron chi connectivity index (χ2n) is 7.66. The molecule has 26 heavy (non-hydrogen) atoms. The SMILES string of the molecule is COc1ccc(C(=O)NC(C(=O)NC(C)CCCC(C)C)C(C)C)cc1. The molecule has 2 atom stereocenters. The van der Waals surface area contributed by atoms with Crippen molar-refractivity contribution >= 4 is 11.8 Å². The number of methoxy groups -OCH3 is 1. The topological polar surface area (TPSA) is 67.4 Å². The Bertz CT molecular complexity index is 567. The van der Waals surface area contributed by atoms with Gasteiger partial charge in [0.1, 0.15) is 11.8 Å². The maximum atomic E-state index is 12.6. The van der Waals surface area contributed by atoms with E-state index in [0.29, 0.717) is 17.2 Å².